The number of nitrogens with one attached hydrogen (secondary N) is 1. The van der Waals surface area contributed by atoms with Crippen LogP contribution >= 0.6 is 23.6 Å². The van der Waals surface area contributed by atoms with E-state index in [1.165, 1.54) is 35.3 Å². The number of para-hydroxylation sites is 1. The molecule has 4 saturated carbocycles. The number of aliphatic imine (C=N–C) groups is 1. The summed E-state index contributed by atoms with van der Waals surface area (Å²) in [4.78, 5) is 18.4. The predicted molar refractivity (Wildman–Crippen MR) is 122 cm³/mol. The van der Waals surface area contributed by atoms with E-state index in [0.717, 1.165) is 36.1 Å². The zero-order valence-electron chi connectivity index (χ0n) is 16.5. The van der Waals surface area contributed by atoms with Gasteiger partial charge in [-0.15, -0.1) is 0 Å². The first-order valence-electron chi connectivity index (χ1n) is 10.6. The zero-order valence-corrected chi connectivity index (χ0v) is 18.1. The molecule has 0 unspecified atom stereocenters. The van der Waals surface area contributed by atoms with Crippen LogP contribution in [0, 0.1) is 27.1 Å². The van der Waals surface area contributed by atoms with Gasteiger partial charge in [0.2, 0.25) is 11.8 Å². The fourth-order valence-electron chi connectivity index (χ4n) is 6.48. The molecule has 4 fully saturated rings. The van der Waals surface area contributed by atoms with E-state index in [0.29, 0.717) is 26.6 Å². The van der Waals surface area contributed by atoms with Gasteiger partial charge in [0, 0.05) is 17.4 Å². The summed E-state index contributed by atoms with van der Waals surface area (Å²) in [5, 5.41) is 10.9. The van der Waals surface area contributed by atoms with E-state index in [1.807, 2.05) is 30.3 Å². The molecule has 1 amide bonds. The summed E-state index contributed by atoms with van der Waals surface area (Å²) in [7, 11) is 0. The Morgan fingerprint density at radius 2 is 1.87 bits per heavy atom. The van der Waals surface area contributed by atoms with Gasteiger partial charge in [-0.3, -0.25) is 15.2 Å². The minimum absolute atomic E-state index is 0.00615. The minimum atomic E-state index is -0.284. The van der Waals surface area contributed by atoms with Gasteiger partial charge in [-0.25, -0.2) is 0 Å². The first-order chi connectivity index (χ1) is 14.5. The molecular formula is C23H23N3O2S2. The van der Waals surface area contributed by atoms with E-state index in [4.69, 9.17) is 12.2 Å². The molecule has 2 heterocycles. The first kappa shape index (κ1) is 18.5. The van der Waals surface area contributed by atoms with Crippen LogP contribution in [0.3, 0.4) is 0 Å². The number of rotatable bonds is 3. The number of allylic oxidation sites excluding steroid dienone is 1. The lowest BCUT2D eigenvalue weighted by Crippen LogP contribution is -2.52. The Balaban J connectivity index is 1.29. The summed E-state index contributed by atoms with van der Waals surface area (Å²) >= 11 is 6.78. The number of hydrogen-bond acceptors (Lipinski definition) is 5. The molecular weight excluding hydrogens is 414 g/mol. The number of carbonyl (C=O) groups is 1. The number of nitrogens with zero attached hydrogens (tertiary/aromatic N) is 2. The molecule has 1 aromatic heterocycles. The van der Waals surface area contributed by atoms with Crippen LogP contribution in [0.5, 0.6) is 5.88 Å². The third-order valence-corrected chi connectivity index (χ3v) is 8.70. The van der Waals surface area contributed by atoms with Crippen molar-refractivity contribution in [3.05, 3.63) is 38.7 Å². The number of aromatic nitrogens is 1. The number of thiazole rings is 1. The van der Waals surface area contributed by atoms with Crippen LogP contribution in [0.25, 0.3) is 11.6 Å². The number of amides is 1. The Morgan fingerprint density at radius 1 is 1.20 bits per heavy atom. The second-order valence-corrected chi connectivity index (χ2v) is 11.1. The van der Waals surface area contributed by atoms with Crippen LogP contribution in [0.15, 0.2) is 29.3 Å². The van der Waals surface area contributed by atoms with Crippen LogP contribution in [0.1, 0.15) is 49.0 Å². The molecule has 7 heteroatoms. The number of fused-ring (bicyclic) bond motifs is 1. The molecule has 0 saturated heterocycles. The molecule has 4 aliphatic carbocycles. The van der Waals surface area contributed by atoms with E-state index in [9.17, 15) is 9.90 Å². The summed E-state index contributed by atoms with van der Waals surface area (Å²) in [6.45, 7) is 0. The Morgan fingerprint density at radius 3 is 2.57 bits per heavy atom. The Kier molecular flexibility index (Phi) is 4.09. The maximum absolute atomic E-state index is 13.4. The number of hydrogen-bond donors (Lipinski definition) is 2. The van der Waals surface area contributed by atoms with Crippen molar-refractivity contribution >= 4 is 53.0 Å². The molecule has 0 atom stereocenters. The van der Waals surface area contributed by atoms with Crippen molar-refractivity contribution in [2.45, 2.75) is 38.5 Å². The maximum Gasteiger partial charge on any atom is 0.245 e. The average molecular weight is 438 g/mol. The summed E-state index contributed by atoms with van der Waals surface area (Å²) in [6.07, 6.45) is 10.5. The molecule has 1 aromatic carbocycles. The van der Waals surface area contributed by atoms with E-state index in [-0.39, 0.29) is 17.2 Å². The molecule has 2 aromatic rings. The summed E-state index contributed by atoms with van der Waals surface area (Å²) in [5.41, 5.74) is 5.56. The smallest absolute Gasteiger partial charge is 0.245 e. The molecule has 0 radical (unpaired) electrons. The lowest BCUT2D eigenvalue weighted by molar-refractivity contribution is -0.141. The maximum atomic E-state index is 13.4. The summed E-state index contributed by atoms with van der Waals surface area (Å²) < 4.78 is 1.84. The highest BCUT2D eigenvalue weighted by Crippen LogP contribution is 2.60. The predicted octanol–water partition coefficient (Wildman–Crippen LogP) is 5.53. The topological polar surface area (TPSA) is 66.6 Å². The van der Waals surface area contributed by atoms with Crippen molar-refractivity contribution in [2.75, 3.05) is 5.43 Å². The highest BCUT2D eigenvalue weighted by atomic mass is 32.1. The highest BCUT2D eigenvalue weighted by molar-refractivity contribution is 7.73. The van der Waals surface area contributed by atoms with Gasteiger partial charge in [0.25, 0.3) is 0 Å². The molecule has 7 rings (SSSR count). The van der Waals surface area contributed by atoms with Crippen molar-refractivity contribution in [3.8, 4) is 5.88 Å². The van der Waals surface area contributed by atoms with Crippen LogP contribution in [0.4, 0.5) is 5.69 Å². The van der Waals surface area contributed by atoms with Gasteiger partial charge in [0.15, 0.2) is 3.95 Å². The van der Waals surface area contributed by atoms with E-state index < -0.39 is 0 Å². The summed E-state index contributed by atoms with van der Waals surface area (Å²) in [5.74, 6) is 2.08. The molecule has 5 aliphatic rings. The van der Waals surface area contributed by atoms with Gasteiger partial charge in [0.1, 0.15) is 0 Å². The number of carbonyl (C=O) groups excluding carboxylic acids is 1. The zero-order chi connectivity index (χ0) is 20.5. The third kappa shape index (κ3) is 2.82. The van der Waals surface area contributed by atoms with Gasteiger partial charge in [0.05, 0.1) is 16.0 Å². The molecule has 1 aliphatic heterocycles. The average Bonchev–Trinajstić information content (AvgIpc) is 3.23. The largest absolute Gasteiger partial charge is 0.492 e. The lowest BCUT2D eigenvalue weighted by Gasteiger charge is -2.55. The highest BCUT2D eigenvalue weighted by Gasteiger charge is 2.54. The van der Waals surface area contributed by atoms with Crippen LogP contribution in [0.2, 0.25) is 0 Å². The normalized spacial score (nSPS) is 32.0. The van der Waals surface area contributed by atoms with E-state index >= 15 is 0 Å². The fraction of sp³-hybridized carbons (Fsp3) is 0.435. The van der Waals surface area contributed by atoms with Crippen molar-refractivity contribution in [1.29, 1.82) is 0 Å². The molecule has 2 N–H and O–H groups in total. The van der Waals surface area contributed by atoms with Crippen molar-refractivity contribution in [1.82, 2.24) is 4.68 Å². The standard InChI is InChI=1S/C23H23N3O2S2/c27-20-19(8-16-12-24-18-4-2-1-3-17(16)18)30-22(29)26(20)25-21(28)23-9-13-5-14(10-23)7-15(6-13)11-23/h1-4,8,12-15,27H,5-7,9-11H2,(H,25,28). The van der Waals surface area contributed by atoms with Gasteiger partial charge in [-0.1, -0.05) is 29.5 Å². The molecule has 154 valence electrons. The van der Waals surface area contributed by atoms with Gasteiger partial charge < -0.3 is 5.11 Å². The van der Waals surface area contributed by atoms with Crippen molar-refractivity contribution in [2.24, 2.45) is 28.2 Å². The van der Waals surface area contributed by atoms with Gasteiger partial charge in [-0.05, 0) is 80.6 Å². The second kappa shape index (κ2) is 6.62. The second-order valence-electron chi connectivity index (χ2n) is 9.41. The van der Waals surface area contributed by atoms with Gasteiger partial charge >= 0.3 is 0 Å². The molecule has 4 bridgehead atoms. The van der Waals surface area contributed by atoms with Crippen LogP contribution < -0.4 is 5.43 Å². The molecule has 5 nitrogen and oxygen atoms in total. The van der Waals surface area contributed by atoms with Gasteiger partial charge in [-0.2, -0.15) is 4.68 Å². The fourth-order valence-corrected chi connectivity index (χ4v) is 7.66. The van der Waals surface area contributed by atoms with E-state index in [2.05, 4.69) is 10.4 Å². The molecule has 30 heavy (non-hydrogen) atoms. The Bertz CT molecular complexity index is 1140. The van der Waals surface area contributed by atoms with Crippen molar-refractivity contribution in [3.63, 3.8) is 0 Å². The lowest BCUT2D eigenvalue weighted by atomic mass is 9.49. The quantitative estimate of drug-likeness (QED) is 0.621. The van der Waals surface area contributed by atoms with Crippen LogP contribution in [-0.4, -0.2) is 21.9 Å². The number of aromatic hydroxyl groups is 1. The number of benzene rings is 1. The third-order valence-electron chi connectivity index (χ3n) is 7.39. The Labute approximate surface area is 184 Å². The SMILES string of the molecule is O=C(Nn1c(O)c(C=C2C=Nc3ccccc32)sc1=S)C12CC3CC(CC(C3)C1)C2. The Hall–Kier alpha value is -2.25. The van der Waals surface area contributed by atoms with Crippen molar-refractivity contribution < 1.29 is 9.90 Å². The first-order valence-corrected chi connectivity index (χ1v) is 11.8. The van der Waals surface area contributed by atoms with E-state index in [1.54, 1.807) is 6.21 Å². The monoisotopic (exact) mass is 437 g/mol. The molecule has 0 spiro atoms. The minimum Gasteiger partial charge on any atom is -0.492 e. The van der Waals surface area contributed by atoms with Crippen LogP contribution in [-0.2, 0) is 4.79 Å². The summed E-state index contributed by atoms with van der Waals surface area (Å²) in [6, 6.07) is 7.90.